The average Bonchev–Trinajstić information content (AvgIpc) is 1.72. The standard InChI is InChI=1S/C5H11N.CH5N/c1-4(2)5(3)6;1-2/h6H2,1-3H3;2H2,1H3. The number of hydrogen-bond acceptors (Lipinski definition) is 2. The molecule has 8 heavy (non-hydrogen) atoms. The minimum atomic E-state index is 0.926. The summed E-state index contributed by atoms with van der Waals surface area (Å²) in [5, 5.41) is 0. The van der Waals surface area contributed by atoms with Crippen molar-refractivity contribution in [2.24, 2.45) is 11.5 Å². The highest BCUT2D eigenvalue weighted by molar-refractivity contribution is 5.00. The van der Waals surface area contributed by atoms with E-state index in [0.717, 1.165) is 5.70 Å². The molecule has 0 fully saturated rings. The van der Waals surface area contributed by atoms with Gasteiger partial charge in [0.2, 0.25) is 0 Å². The average molecular weight is 116 g/mol. The fourth-order valence-corrected chi connectivity index (χ4v) is 0. The Balaban J connectivity index is 0. The van der Waals surface area contributed by atoms with Gasteiger partial charge < -0.3 is 11.5 Å². The maximum atomic E-state index is 5.31. The molecule has 0 atom stereocenters. The Kier molecular flexibility index (Phi) is 8.51. The predicted molar refractivity (Wildman–Crippen MR) is 38.3 cm³/mol. The van der Waals surface area contributed by atoms with Crippen LogP contribution in [0.3, 0.4) is 0 Å². The molecule has 0 aliphatic rings. The molecule has 0 bridgehead atoms. The summed E-state index contributed by atoms with van der Waals surface area (Å²) >= 11 is 0. The van der Waals surface area contributed by atoms with E-state index < -0.39 is 0 Å². The number of allylic oxidation sites excluding steroid dienone is 2. The van der Waals surface area contributed by atoms with Gasteiger partial charge in [0.15, 0.2) is 0 Å². The second-order valence-corrected chi connectivity index (χ2v) is 1.68. The summed E-state index contributed by atoms with van der Waals surface area (Å²) < 4.78 is 0. The van der Waals surface area contributed by atoms with Gasteiger partial charge in [-0.05, 0) is 27.8 Å². The third-order valence-electron chi connectivity index (χ3n) is 0.789. The lowest BCUT2D eigenvalue weighted by molar-refractivity contribution is 1.19. The van der Waals surface area contributed by atoms with E-state index in [9.17, 15) is 0 Å². The summed E-state index contributed by atoms with van der Waals surface area (Å²) in [7, 11) is 1.50. The lowest BCUT2D eigenvalue weighted by Crippen LogP contribution is -1.91. The predicted octanol–water partition coefficient (Wildman–Crippen LogP) is 0.834. The van der Waals surface area contributed by atoms with Crippen molar-refractivity contribution in [2.75, 3.05) is 7.05 Å². The molecule has 0 unspecified atom stereocenters. The number of rotatable bonds is 0. The van der Waals surface area contributed by atoms with Gasteiger partial charge in [-0.2, -0.15) is 0 Å². The van der Waals surface area contributed by atoms with E-state index in [-0.39, 0.29) is 0 Å². The van der Waals surface area contributed by atoms with Crippen molar-refractivity contribution in [3.8, 4) is 0 Å². The van der Waals surface area contributed by atoms with Crippen molar-refractivity contribution in [1.29, 1.82) is 0 Å². The van der Waals surface area contributed by atoms with E-state index >= 15 is 0 Å². The first-order valence-corrected chi connectivity index (χ1v) is 2.62. The van der Waals surface area contributed by atoms with Gasteiger partial charge in [-0.25, -0.2) is 0 Å². The molecule has 2 heteroatoms. The zero-order valence-corrected chi connectivity index (χ0v) is 6.15. The highest BCUT2D eigenvalue weighted by Crippen LogP contribution is 1.90. The van der Waals surface area contributed by atoms with Crippen molar-refractivity contribution in [3.63, 3.8) is 0 Å². The third-order valence-corrected chi connectivity index (χ3v) is 0.789. The molecular formula is C6H16N2. The summed E-state index contributed by atoms with van der Waals surface area (Å²) in [6, 6.07) is 0. The highest BCUT2D eigenvalue weighted by Gasteiger charge is 1.75. The quantitative estimate of drug-likeness (QED) is 0.492. The molecule has 0 aliphatic heterocycles. The van der Waals surface area contributed by atoms with Crippen LogP contribution in [-0.4, -0.2) is 7.05 Å². The van der Waals surface area contributed by atoms with Gasteiger partial charge in [0.25, 0.3) is 0 Å². The van der Waals surface area contributed by atoms with Gasteiger partial charge in [-0.3, -0.25) is 0 Å². The molecule has 0 aromatic rings. The molecule has 0 rings (SSSR count). The molecule has 0 saturated heterocycles. The van der Waals surface area contributed by atoms with Crippen LogP contribution in [0.5, 0.6) is 0 Å². The van der Waals surface area contributed by atoms with Crippen LogP contribution in [0.1, 0.15) is 20.8 Å². The summed E-state index contributed by atoms with van der Waals surface area (Å²) in [5.74, 6) is 0. The Bertz CT molecular complexity index is 56.6. The van der Waals surface area contributed by atoms with Crippen LogP contribution in [0.2, 0.25) is 0 Å². The first-order chi connectivity index (χ1) is 3.64. The van der Waals surface area contributed by atoms with Crippen LogP contribution in [0.4, 0.5) is 0 Å². The summed E-state index contributed by atoms with van der Waals surface area (Å²) in [5.41, 5.74) is 11.9. The van der Waals surface area contributed by atoms with Crippen molar-refractivity contribution >= 4 is 0 Å². The van der Waals surface area contributed by atoms with Gasteiger partial charge in [0.05, 0.1) is 0 Å². The van der Waals surface area contributed by atoms with Crippen LogP contribution in [-0.2, 0) is 0 Å². The van der Waals surface area contributed by atoms with Crippen molar-refractivity contribution in [1.82, 2.24) is 0 Å². The van der Waals surface area contributed by atoms with Crippen molar-refractivity contribution in [3.05, 3.63) is 11.3 Å². The molecule has 0 aromatic carbocycles. The SMILES string of the molecule is CC(C)=C(C)N.CN. The topological polar surface area (TPSA) is 52.0 Å². The first kappa shape index (κ1) is 10.5. The minimum Gasteiger partial charge on any atom is -0.402 e. The van der Waals surface area contributed by atoms with Crippen LogP contribution < -0.4 is 11.5 Å². The monoisotopic (exact) mass is 116 g/mol. The van der Waals surface area contributed by atoms with Crippen LogP contribution >= 0.6 is 0 Å². The fourth-order valence-electron chi connectivity index (χ4n) is 0. The summed E-state index contributed by atoms with van der Waals surface area (Å²) in [6.07, 6.45) is 0. The first-order valence-electron chi connectivity index (χ1n) is 2.62. The zero-order valence-electron chi connectivity index (χ0n) is 6.15. The molecule has 4 N–H and O–H groups in total. The Morgan fingerprint density at radius 2 is 1.12 bits per heavy atom. The Labute approximate surface area is 51.6 Å². The lowest BCUT2D eigenvalue weighted by Gasteiger charge is -1.88. The number of hydrogen-bond donors (Lipinski definition) is 2. The normalized spacial score (nSPS) is 6.62. The van der Waals surface area contributed by atoms with Gasteiger partial charge in [0.1, 0.15) is 0 Å². The molecular weight excluding hydrogens is 100 g/mol. The number of nitrogens with two attached hydrogens (primary N) is 2. The molecule has 0 heterocycles. The Morgan fingerprint density at radius 3 is 1.12 bits per heavy atom. The maximum Gasteiger partial charge on any atom is 0.00351 e. The highest BCUT2D eigenvalue weighted by atomic mass is 14.5. The van der Waals surface area contributed by atoms with E-state index in [2.05, 4.69) is 5.73 Å². The third kappa shape index (κ3) is 9.09. The molecule has 0 amide bonds. The van der Waals surface area contributed by atoms with Crippen LogP contribution in [0.15, 0.2) is 11.3 Å². The Hall–Kier alpha value is -0.500. The van der Waals surface area contributed by atoms with Gasteiger partial charge in [0, 0.05) is 5.70 Å². The molecule has 0 saturated carbocycles. The van der Waals surface area contributed by atoms with E-state index in [4.69, 9.17) is 5.73 Å². The second kappa shape index (κ2) is 6.50. The molecule has 0 aliphatic carbocycles. The molecule has 0 radical (unpaired) electrons. The van der Waals surface area contributed by atoms with Crippen LogP contribution in [0.25, 0.3) is 0 Å². The largest absolute Gasteiger partial charge is 0.402 e. The van der Waals surface area contributed by atoms with Gasteiger partial charge in [-0.1, -0.05) is 5.57 Å². The molecule has 0 aromatic heterocycles. The van der Waals surface area contributed by atoms with Crippen molar-refractivity contribution in [2.45, 2.75) is 20.8 Å². The summed E-state index contributed by atoms with van der Waals surface area (Å²) in [6.45, 7) is 5.89. The lowest BCUT2D eigenvalue weighted by atomic mass is 10.3. The molecule has 0 spiro atoms. The zero-order chi connectivity index (χ0) is 7.15. The Morgan fingerprint density at radius 1 is 1.00 bits per heavy atom. The van der Waals surface area contributed by atoms with Crippen LogP contribution in [0, 0.1) is 0 Å². The van der Waals surface area contributed by atoms with Crippen molar-refractivity contribution < 1.29 is 0 Å². The minimum absolute atomic E-state index is 0.926. The van der Waals surface area contributed by atoms with E-state index in [1.165, 1.54) is 12.6 Å². The second-order valence-electron chi connectivity index (χ2n) is 1.68. The molecule has 50 valence electrons. The van der Waals surface area contributed by atoms with E-state index in [1.54, 1.807) is 0 Å². The van der Waals surface area contributed by atoms with Gasteiger partial charge >= 0.3 is 0 Å². The van der Waals surface area contributed by atoms with E-state index in [1.807, 2.05) is 20.8 Å². The molecule has 2 nitrogen and oxygen atoms in total. The maximum absolute atomic E-state index is 5.31. The van der Waals surface area contributed by atoms with Gasteiger partial charge in [-0.15, -0.1) is 0 Å². The fraction of sp³-hybridized carbons (Fsp3) is 0.667. The van der Waals surface area contributed by atoms with E-state index in [0.29, 0.717) is 0 Å². The summed E-state index contributed by atoms with van der Waals surface area (Å²) in [4.78, 5) is 0. The smallest absolute Gasteiger partial charge is 0.00351 e.